The van der Waals surface area contributed by atoms with E-state index in [1.54, 1.807) is 11.3 Å². The summed E-state index contributed by atoms with van der Waals surface area (Å²) in [5.74, 6) is 0. The molecule has 104 valence electrons. The van der Waals surface area contributed by atoms with E-state index in [-0.39, 0.29) is 0 Å². The molecule has 0 spiro atoms. The number of unbranched alkanes of at least 4 members (excludes halogenated alkanes) is 2. The SMILES string of the molecule is CCCCCC(C)(C)CNC(C)c1csc(Cl)c1. The lowest BCUT2D eigenvalue weighted by molar-refractivity contribution is 0.291. The smallest absolute Gasteiger partial charge is 0.0931 e. The standard InChI is InChI=1S/C15H26ClNS/c1-5-6-7-8-15(3,4)11-17-12(2)13-9-14(16)18-10-13/h9-10,12,17H,5-8,11H2,1-4H3. The first-order chi connectivity index (χ1) is 8.44. The van der Waals surface area contributed by atoms with Gasteiger partial charge in [-0.05, 0) is 35.8 Å². The molecule has 1 aromatic rings. The van der Waals surface area contributed by atoms with Gasteiger partial charge in [0.1, 0.15) is 0 Å². The molecule has 0 aliphatic heterocycles. The van der Waals surface area contributed by atoms with Crippen molar-refractivity contribution in [2.75, 3.05) is 6.54 Å². The Balaban J connectivity index is 2.34. The molecule has 0 aliphatic rings. The van der Waals surface area contributed by atoms with E-state index in [4.69, 9.17) is 11.6 Å². The Morgan fingerprint density at radius 3 is 2.67 bits per heavy atom. The van der Waals surface area contributed by atoms with E-state index in [9.17, 15) is 0 Å². The van der Waals surface area contributed by atoms with E-state index in [1.165, 1.54) is 31.2 Å². The van der Waals surface area contributed by atoms with Crippen molar-refractivity contribution in [2.24, 2.45) is 5.41 Å². The Hall–Kier alpha value is -0.0500. The van der Waals surface area contributed by atoms with Crippen LogP contribution in [0.25, 0.3) is 0 Å². The fourth-order valence-corrected chi connectivity index (χ4v) is 3.02. The van der Waals surface area contributed by atoms with Crippen LogP contribution in [0.15, 0.2) is 11.4 Å². The van der Waals surface area contributed by atoms with E-state index in [0.717, 1.165) is 10.9 Å². The zero-order valence-corrected chi connectivity index (χ0v) is 13.6. The summed E-state index contributed by atoms with van der Waals surface area (Å²) in [7, 11) is 0. The van der Waals surface area contributed by atoms with E-state index >= 15 is 0 Å². The van der Waals surface area contributed by atoms with E-state index < -0.39 is 0 Å². The Kier molecular flexibility index (Phi) is 6.68. The van der Waals surface area contributed by atoms with Crippen molar-refractivity contribution >= 4 is 22.9 Å². The number of thiophene rings is 1. The predicted octanol–water partition coefficient (Wildman–Crippen LogP) is 5.66. The number of hydrogen-bond donors (Lipinski definition) is 1. The zero-order valence-electron chi connectivity index (χ0n) is 12.1. The van der Waals surface area contributed by atoms with Gasteiger partial charge in [-0.2, -0.15) is 0 Å². The first-order valence-corrected chi connectivity index (χ1v) is 8.17. The Labute approximate surface area is 121 Å². The minimum absolute atomic E-state index is 0.378. The summed E-state index contributed by atoms with van der Waals surface area (Å²) in [5.41, 5.74) is 1.68. The molecule has 0 radical (unpaired) electrons. The average molecular weight is 288 g/mol. The van der Waals surface area contributed by atoms with Gasteiger partial charge in [-0.1, -0.05) is 51.6 Å². The van der Waals surface area contributed by atoms with Gasteiger partial charge >= 0.3 is 0 Å². The van der Waals surface area contributed by atoms with Crippen LogP contribution in [-0.2, 0) is 0 Å². The second-order valence-electron chi connectivity index (χ2n) is 5.91. The van der Waals surface area contributed by atoms with Gasteiger partial charge in [-0.3, -0.25) is 0 Å². The van der Waals surface area contributed by atoms with Gasteiger partial charge in [0.15, 0.2) is 0 Å². The Bertz CT molecular complexity index is 346. The first-order valence-electron chi connectivity index (χ1n) is 6.92. The molecule has 1 heterocycles. The fourth-order valence-electron chi connectivity index (χ4n) is 2.04. The summed E-state index contributed by atoms with van der Waals surface area (Å²) in [4.78, 5) is 0. The van der Waals surface area contributed by atoms with Crippen molar-refractivity contribution in [3.05, 3.63) is 21.3 Å². The highest BCUT2D eigenvalue weighted by molar-refractivity contribution is 7.14. The first kappa shape index (κ1) is 16.0. The second kappa shape index (κ2) is 7.52. The molecule has 1 N–H and O–H groups in total. The molecule has 0 saturated heterocycles. The van der Waals surface area contributed by atoms with Crippen molar-refractivity contribution in [2.45, 2.75) is 59.4 Å². The lowest BCUT2D eigenvalue weighted by Crippen LogP contribution is -2.31. The van der Waals surface area contributed by atoms with Crippen LogP contribution in [0.4, 0.5) is 0 Å². The van der Waals surface area contributed by atoms with Gasteiger partial charge in [0.25, 0.3) is 0 Å². The quantitative estimate of drug-likeness (QED) is 0.608. The van der Waals surface area contributed by atoms with Gasteiger partial charge in [0.2, 0.25) is 0 Å². The Morgan fingerprint density at radius 2 is 2.11 bits per heavy atom. The van der Waals surface area contributed by atoms with Crippen LogP contribution in [0.2, 0.25) is 4.34 Å². The Morgan fingerprint density at radius 1 is 1.39 bits per heavy atom. The molecular weight excluding hydrogens is 262 g/mol. The molecule has 0 amide bonds. The van der Waals surface area contributed by atoms with Gasteiger partial charge in [-0.25, -0.2) is 0 Å². The summed E-state index contributed by atoms with van der Waals surface area (Å²) in [6.45, 7) is 10.2. The monoisotopic (exact) mass is 287 g/mol. The minimum atomic E-state index is 0.378. The van der Waals surface area contributed by atoms with Gasteiger partial charge in [0.05, 0.1) is 4.34 Å². The number of nitrogens with one attached hydrogen (secondary N) is 1. The molecule has 1 rings (SSSR count). The highest BCUT2D eigenvalue weighted by atomic mass is 35.5. The van der Waals surface area contributed by atoms with Gasteiger partial charge in [-0.15, -0.1) is 11.3 Å². The zero-order chi connectivity index (χ0) is 13.6. The van der Waals surface area contributed by atoms with Crippen LogP contribution in [-0.4, -0.2) is 6.54 Å². The largest absolute Gasteiger partial charge is 0.310 e. The number of rotatable bonds is 8. The van der Waals surface area contributed by atoms with Crippen molar-refractivity contribution in [1.82, 2.24) is 5.32 Å². The van der Waals surface area contributed by atoms with Crippen LogP contribution in [0.1, 0.15) is 65.0 Å². The van der Waals surface area contributed by atoms with Crippen molar-refractivity contribution in [3.8, 4) is 0 Å². The van der Waals surface area contributed by atoms with Crippen LogP contribution in [0.5, 0.6) is 0 Å². The maximum atomic E-state index is 5.97. The maximum absolute atomic E-state index is 5.97. The fraction of sp³-hybridized carbons (Fsp3) is 0.733. The van der Waals surface area contributed by atoms with E-state index in [0.29, 0.717) is 11.5 Å². The molecule has 1 atom stereocenters. The van der Waals surface area contributed by atoms with Crippen LogP contribution in [0, 0.1) is 5.41 Å². The topological polar surface area (TPSA) is 12.0 Å². The molecule has 0 saturated carbocycles. The summed E-state index contributed by atoms with van der Waals surface area (Å²) in [5, 5.41) is 5.77. The molecule has 0 fully saturated rings. The molecular formula is C15H26ClNS. The average Bonchev–Trinajstić information content (AvgIpc) is 2.73. The second-order valence-corrected chi connectivity index (χ2v) is 7.45. The highest BCUT2D eigenvalue weighted by Crippen LogP contribution is 2.27. The third-order valence-corrected chi connectivity index (χ3v) is 4.54. The molecule has 0 aromatic carbocycles. The van der Waals surface area contributed by atoms with E-state index in [2.05, 4.69) is 44.5 Å². The molecule has 1 nitrogen and oxygen atoms in total. The van der Waals surface area contributed by atoms with Gasteiger partial charge in [0, 0.05) is 12.6 Å². The third-order valence-electron chi connectivity index (χ3n) is 3.43. The minimum Gasteiger partial charge on any atom is -0.310 e. The molecule has 3 heteroatoms. The summed E-state index contributed by atoms with van der Waals surface area (Å²) in [6.07, 6.45) is 5.28. The summed E-state index contributed by atoms with van der Waals surface area (Å²) < 4.78 is 0.876. The van der Waals surface area contributed by atoms with Crippen molar-refractivity contribution in [3.63, 3.8) is 0 Å². The molecule has 1 unspecified atom stereocenters. The molecule has 1 aromatic heterocycles. The highest BCUT2D eigenvalue weighted by Gasteiger charge is 2.18. The normalized spacial score (nSPS) is 13.8. The van der Waals surface area contributed by atoms with Crippen LogP contribution >= 0.6 is 22.9 Å². The predicted molar refractivity (Wildman–Crippen MR) is 83.7 cm³/mol. The van der Waals surface area contributed by atoms with Crippen LogP contribution < -0.4 is 5.32 Å². The summed E-state index contributed by atoms with van der Waals surface area (Å²) in [6, 6.07) is 2.45. The lowest BCUT2D eigenvalue weighted by Gasteiger charge is -2.27. The van der Waals surface area contributed by atoms with Crippen LogP contribution in [0.3, 0.4) is 0 Å². The third kappa shape index (κ3) is 5.73. The summed E-state index contributed by atoms with van der Waals surface area (Å²) >= 11 is 7.58. The molecule has 18 heavy (non-hydrogen) atoms. The van der Waals surface area contributed by atoms with Crippen molar-refractivity contribution in [1.29, 1.82) is 0 Å². The number of halogens is 1. The van der Waals surface area contributed by atoms with Gasteiger partial charge < -0.3 is 5.32 Å². The number of hydrogen-bond acceptors (Lipinski definition) is 2. The van der Waals surface area contributed by atoms with Crippen molar-refractivity contribution < 1.29 is 0 Å². The maximum Gasteiger partial charge on any atom is 0.0931 e. The molecule has 0 bridgehead atoms. The van der Waals surface area contributed by atoms with E-state index in [1.807, 2.05) is 0 Å². The molecule has 0 aliphatic carbocycles. The lowest BCUT2D eigenvalue weighted by atomic mass is 9.86.